The molecule has 0 N–H and O–H groups in total. The Kier molecular flexibility index (Phi) is 4.52. The van der Waals surface area contributed by atoms with Crippen LogP contribution in [0.15, 0.2) is 35.1 Å². The predicted octanol–water partition coefficient (Wildman–Crippen LogP) is 3.87. The van der Waals surface area contributed by atoms with Crippen LogP contribution in [0, 0.1) is 0 Å². The summed E-state index contributed by atoms with van der Waals surface area (Å²) in [5.41, 5.74) is 1.08. The van der Waals surface area contributed by atoms with Crippen molar-refractivity contribution in [2.45, 2.75) is 0 Å². The molecule has 1 saturated heterocycles. The molecule has 0 saturated carbocycles. The van der Waals surface area contributed by atoms with Gasteiger partial charge >= 0.3 is 0 Å². The van der Waals surface area contributed by atoms with Gasteiger partial charge in [-0.2, -0.15) is 0 Å². The molecule has 1 fully saturated rings. The summed E-state index contributed by atoms with van der Waals surface area (Å²) in [7, 11) is 0. The highest BCUT2D eigenvalue weighted by molar-refractivity contribution is 9.10. The van der Waals surface area contributed by atoms with Crippen molar-refractivity contribution in [1.29, 1.82) is 0 Å². The molecule has 0 radical (unpaired) electrons. The summed E-state index contributed by atoms with van der Waals surface area (Å²) in [4.78, 5) is 12.8. The lowest BCUT2D eigenvalue weighted by molar-refractivity contribution is 0.645. The first-order valence-corrected chi connectivity index (χ1v) is 8.12. The van der Waals surface area contributed by atoms with Gasteiger partial charge in [-0.25, -0.2) is 9.97 Å². The SMILES string of the molecule is Clc1ccccc1N1CCN(c2ncnc(Cl)c2Br)CC1. The quantitative estimate of drug-likeness (QED) is 0.732. The van der Waals surface area contributed by atoms with E-state index in [-0.39, 0.29) is 0 Å². The Morgan fingerprint density at radius 3 is 2.33 bits per heavy atom. The summed E-state index contributed by atoms with van der Waals surface area (Å²) in [6, 6.07) is 7.93. The van der Waals surface area contributed by atoms with Crippen LogP contribution in [0.1, 0.15) is 0 Å². The number of halogens is 3. The zero-order chi connectivity index (χ0) is 14.8. The van der Waals surface area contributed by atoms with E-state index in [0.29, 0.717) is 5.15 Å². The Morgan fingerprint density at radius 2 is 1.62 bits per heavy atom. The highest BCUT2D eigenvalue weighted by Gasteiger charge is 2.22. The van der Waals surface area contributed by atoms with Gasteiger partial charge in [0.15, 0.2) is 0 Å². The molecule has 110 valence electrons. The lowest BCUT2D eigenvalue weighted by Gasteiger charge is -2.37. The molecule has 4 nitrogen and oxygen atoms in total. The minimum absolute atomic E-state index is 0.438. The van der Waals surface area contributed by atoms with Crippen LogP contribution >= 0.6 is 39.1 Å². The maximum absolute atomic E-state index is 6.26. The van der Waals surface area contributed by atoms with Gasteiger partial charge in [0.05, 0.1) is 15.2 Å². The highest BCUT2D eigenvalue weighted by Crippen LogP contribution is 2.31. The Bertz CT molecular complexity index is 645. The second-order valence-corrected chi connectivity index (χ2v) is 6.29. The number of aromatic nitrogens is 2. The molecule has 0 bridgehead atoms. The van der Waals surface area contributed by atoms with E-state index in [1.807, 2.05) is 18.2 Å². The Balaban J connectivity index is 1.74. The molecule has 21 heavy (non-hydrogen) atoms. The van der Waals surface area contributed by atoms with Crippen LogP contribution in [0.3, 0.4) is 0 Å². The molecule has 0 unspecified atom stereocenters. The van der Waals surface area contributed by atoms with Crippen molar-refractivity contribution in [1.82, 2.24) is 9.97 Å². The molecule has 0 aliphatic carbocycles. The smallest absolute Gasteiger partial charge is 0.148 e. The van der Waals surface area contributed by atoms with E-state index in [9.17, 15) is 0 Å². The second kappa shape index (κ2) is 6.38. The molecule has 0 atom stereocenters. The summed E-state index contributed by atoms with van der Waals surface area (Å²) >= 11 is 15.7. The van der Waals surface area contributed by atoms with Crippen molar-refractivity contribution in [2.24, 2.45) is 0 Å². The monoisotopic (exact) mass is 386 g/mol. The molecule has 2 heterocycles. The van der Waals surface area contributed by atoms with Crippen molar-refractivity contribution in [2.75, 3.05) is 36.0 Å². The minimum atomic E-state index is 0.438. The van der Waals surface area contributed by atoms with Gasteiger partial charge in [0, 0.05) is 26.2 Å². The number of para-hydroxylation sites is 1. The van der Waals surface area contributed by atoms with Crippen molar-refractivity contribution in [3.63, 3.8) is 0 Å². The third kappa shape index (κ3) is 3.10. The molecule has 7 heteroatoms. The van der Waals surface area contributed by atoms with Gasteiger partial charge in [-0.1, -0.05) is 35.3 Å². The van der Waals surface area contributed by atoms with Crippen molar-refractivity contribution in [3.8, 4) is 0 Å². The number of rotatable bonds is 2. The van der Waals surface area contributed by atoms with Gasteiger partial charge in [0.25, 0.3) is 0 Å². The fraction of sp³-hybridized carbons (Fsp3) is 0.286. The average molecular weight is 388 g/mol. The van der Waals surface area contributed by atoms with E-state index in [2.05, 4.69) is 41.8 Å². The van der Waals surface area contributed by atoms with Crippen LogP contribution in [-0.4, -0.2) is 36.1 Å². The molecule has 1 aliphatic heterocycles. The van der Waals surface area contributed by atoms with Crippen LogP contribution in [0.4, 0.5) is 11.5 Å². The molecule has 3 rings (SSSR count). The zero-order valence-corrected chi connectivity index (χ0v) is 14.2. The third-order valence-electron chi connectivity index (χ3n) is 3.50. The number of anilines is 2. The van der Waals surface area contributed by atoms with Crippen molar-refractivity contribution < 1.29 is 0 Å². The number of hydrogen-bond acceptors (Lipinski definition) is 4. The number of benzene rings is 1. The summed E-state index contributed by atoms with van der Waals surface area (Å²) in [6.45, 7) is 3.49. The van der Waals surface area contributed by atoms with E-state index in [1.54, 1.807) is 0 Å². The topological polar surface area (TPSA) is 32.3 Å². The first-order valence-electron chi connectivity index (χ1n) is 6.57. The third-order valence-corrected chi connectivity index (χ3v) is 5.07. The Hall–Kier alpha value is -1.04. The lowest BCUT2D eigenvalue weighted by Crippen LogP contribution is -2.47. The summed E-state index contributed by atoms with van der Waals surface area (Å²) in [5.74, 6) is 0.841. The maximum atomic E-state index is 6.26. The van der Waals surface area contributed by atoms with Gasteiger partial charge < -0.3 is 9.80 Å². The van der Waals surface area contributed by atoms with Gasteiger partial charge in [0.2, 0.25) is 0 Å². The normalized spacial score (nSPS) is 15.4. The van der Waals surface area contributed by atoms with Crippen LogP contribution in [-0.2, 0) is 0 Å². The Labute approximate surface area is 141 Å². The standard InChI is InChI=1S/C14H13BrCl2N4/c15-12-13(17)18-9-19-14(12)21-7-5-20(6-8-21)11-4-2-1-3-10(11)16/h1-4,9H,5-8H2. The van der Waals surface area contributed by atoms with E-state index in [1.165, 1.54) is 6.33 Å². The Morgan fingerprint density at radius 1 is 0.952 bits per heavy atom. The molecule has 0 spiro atoms. The van der Waals surface area contributed by atoms with Crippen LogP contribution in [0.2, 0.25) is 10.2 Å². The fourth-order valence-electron chi connectivity index (χ4n) is 2.43. The molecule has 1 aromatic carbocycles. The van der Waals surface area contributed by atoms with E-state index >= 15 is 0 Å². The number of piperazine rings is 1. The number of nitrogens with zero attached hydrogens (tertiary/aromatic N) is 4. The summed E-state index contributed by atoms with van der Waals surface area (Å²) in [5, 5.41) is 1.23. The van der Waals surface area contributed by atoms with E-state index in [4.69, 9.17) is 23.2 Å². The molecule has 1 aromatic heterocycles. The highest BCUT2D eigenvalue weighted by atomic mass is 79.9. The maximum Gasteiger partial charge on any atom is 0.148 e. The second-order valence-electron chi connectivity index (χ2n) is 4.73. The van der Waals surface area contributed by atoms with Crippen LogP contribution in [0.25, 0.3) is 0 Å². The average Bonchev–Trinajstić information content (AvgIpc) is 2.51. The van der Waals surface area contributed by atoms with Gasteiger partial charge in [-0.3, -0.25) is 0 Å². The van der Waals surface area contributed by atoms with E-state index < -0.39 is 0 Å². The van der Waals surface area contributed by atoms with Crippen molar-refractivity contribution >= 4 is 50.6 Å². The van der Waals surface area contributed by atoms with Crippen molar-refractivity contribution in [3.05, 3.63) is 45.2 Å². The lowest BCUT2D eigenvalue weighted by atomic mass is 10.2. The fourth-order valence-corrected chi connectivity index (χ4v) is 3.27. The van der Waals surface area contributed by atoms with Crippen LogP contribution in [0.5, 0.6) is 0 Å². The largest absolute Gasteiger partial charge is 0.367 e. The molecule has 0 amide bonds. The molecular formula is C14H13BrCl2N4. The summed E-state index contributed by atoms with van der Waals surface area (Å²) < 4.78 is 0.748. The van der Waals surface area contributed by atoms with Crippen LogP contribution < -0.4 is 9.80 Å². The molecular weight excluding hydrogens is 375 g/mol. The van der Waals surface area contributed by atoms with Gasteiger partial charge in [0.1, 0.15) is 17.3 Å². The first-order chi connectivity index (χ1) is 10.2. The zero-order valence-electron chi connectivity index (χ0n) is 11.1. The van der Waals surface area contributed by atoms with Gasteiger partial charge in [-0.15, -0.1) is 0 Å². The van der Waals surface area contributed by atoms with E-state index in [0.717, 1.165) is 47.2 Å². The summed E-state index contributed by atoms with van der Waals surface area (Å²) in [6.07, 6.45) is 1.49. The predicted molar refractivity (Wildman–Crippen MR) is 90.6 cm³/mol. The molecule has 2 aromatic rings. The molecule has 1 aliphatic rings. The first kappa shape index (κ1) is 14.9. The van der Waals surface area contributed by atoms with Gasteiger partial charge in [-0.05, 0) is 28.1 Å². The number of hydrogen-bond donors (Lipinski definition) is 0. The minimum Gasteiger partial charge on any atom is -0.367 e.